The molecule has 1 spiro atoms. The molecule has 1 saturated heterocycles. The number of aromatic nitrogens is 3. The number of hydrogen-bond donors (Lipinski definition) is 1. The smallest absolute Gasteiger partial charge is 0.264 e. The maximum Gasteiger partial charge on any atom is 0.264 e. The zero-order valence-electron chi connectivity index (χ0n) is 32.6. The molecule has 5 atom stereocenters. The number of aliphatic hydroxyl groups is 1. The number of nitrogens with zero attached hydrogens (tertiary/aromatic N) is 6. The lowest BCUT2D eigenvalue weighted by Crippen LogP contribution is -2.45. The maximum atomic E-state index is 16.6. The van der Waals surface area contributed by atoms with Gasteiger partial charge >= 0.3 is 0 Å². The number of carbonyl (C=O) groups excluding carboxylic acids is 2. The van der Waals surface area contributed by atoms with Crippen LogP contribution in [0.5, 0.6) is 5.75 Å². The highest BCUT2D eigenvalue weighted by atomic mass is 28.4. The van der Waals surface area contributed by atoms with Crippen molar-refractivity contribution >= 4 is 37.3 Å². The number of aryl methyl sites for hydroxylation is 1. The van der Waals surface area contributed by atoms with E-state index in [1.54, 1.807) is 29.8 Å². The molecular formula is C44H47FN6O5Si. The molecule has 2 amide bonds. The topological polar surface area (TPSA) is 122 Å². The Morgan fingerprint density at radius 2 is 1.74 bits per heavy atom. The monoisotopic (exact) mass is 786 g/mol. The number of halogens is 1. The van der Waals surface area contributed by atoms with Crippen molar-refractivity contribution in [3.8, 4) is 5.75 Å². The molecule has 294 valence electrons. The van der Waals surface area contributed by atoms with E-state index in [0.29, 0.717) is 54.2 Å². The predicted octanol–water partition coefficient (Wildman–Crippen LogP) is 7.35. The highest BCUT2D eigenvalue weighted by Crippen LogP contribution is 2.60. The molecule has 1 fully saturated rings. The highest BCUT2D eigenvalue weighted by Gasteiger charge is 2.66. The number of aliphatic hydroxyl groups excluding tert-OH is 1. The molecule has 0 radical (unpaired) electrons. The Morgan fingerprint density at radius 1 is 0.982 bits per heavy atom. The first-order chi connectivity index (χ1) is 27.5. The number of ether oxygens (including phenoxy) is 2. The Hall–Kier alpha value is -5.50. The van der Waals surface area contributed by atoms with Crippen LogP contribution < -0.4 is 14.6 Å². The molecule has 0 saturated carbocycles. The van der Waals surface area contributed by atoms with E-state index in [0.717, 1.165) is 22.4 Å². The van der Waals surface area contributed by atoms with E-state index < -0.39 is 31.6 Å². The lowest BCUT2D eigenvalue weighted by Gasteiger charge is -2.31. The van der Waals surface area contributed by atoms with Crippen molar-refractivity contribution in [3.05, 3.63) is 137 Å². The summed E-state index contributed by atoms with van der Waals surface area (Å²) in [4.78, 5) is 30.0. The summed E-state index contributed by atoms with van der Waals surface area (Å²) in [5, 5.41) is 25.1. The van der Waals surface area contributed by atoms with Crippen molar-refractivity contribution in [2.45, 2.75) is 75.5 Å². The van der Waals surface area contributed by atoms with Gasteiger partial charge in [-0.15, -0.1) is 5.10 Å². The molecule has 4 aromatic carbocycles. The van der Waals surface area contributed by atoms with Gasteiger partial charge in [0, 0.05) is 42.6 Å². The zero-order chi connectivity index (χ0) is 39.9. The minimum Gasteiger partial charge on any atom is -0.497 e. The molecule has 0 aliphatic carbocycles. The van der Waals surface area contributed by atoms with Crippen LogP contribution in [0.25, 0.3) is 0 Å². The number of hydrazone groups is 1. The van der Waals surface area contributed by atoms with Gasteiger partial charge in [0.25, 0.3) is 5.91 Å². The third kappa shape index (κ3) is 7.08. The van der Waals surface area contributed by atoms with E-state index >= 15 is 8.90 Å². The molecular weight excluding hydrogens is 740 g/mol. The van der Waals surface area contributed by atoms with E-state index in [9.17, 15) is 9.90 Å². The molecule has 3 aliphatic heterocycles. The number of amides is 2. The van der Waals surface area contributed by atoms with E-state index in [-0.39, 0.29) is 30.9 Å². The Labute approximate surface area is 332 Å². The van der Waals surface area contributed by atoms with E-state index in [2.05, 4.69) is 10.3 Å². The second kappa shape index (κ2) is 15.4. The summed E-state index contributed by atoms with van der Waals surface area (Å²) in [6, 6.07) is 32.6. The number of benzene rings is 4. The molecule has 57 heavy (non-hydrogen) atoms. The lowest BCUT2D eigenvalue weighted by molar-refractivity contribution is -0.146. The number of carbonyl (C=O) groups is 2. The van der Waals surface area contributed by atoms with Gasteiger partial charge in [0.15, 0.2) is 5.60 Å². The van der Waals surface area contributed by atoms with Crippen molar-refractivity contribution in [2.75, 3.05) is 23.6 Å². The molecule has 1 unspecified atom stereocenters. The van der Waals surface area contributed by atoms with Crippen LogP contribution in [0.1, 0.15) is 60.1 Å². The number of hydrogen-bond acceptors (Lipinski definition) is 8. The molecule has 4 heterocycles. The van der Waals surface area contributed by atoms with Crippen molar-refractivity contribution in [2.24, 2.45) is 11.0 Å². The third-order valence-electron chi connectivity index (χ3n) is 11.7. The standard InChI is InChI=1S/C44H47FN6O5Si/c1-29-42(57(3,4)45)40(22-23-49-27-38(46-48-49)35(28-52)31-13-7-5-8-14-31)56-44(29)36-25-34(55-2)18-20-39(36)50(43(44)54)26-30-12-11-17-33(24-30)51-41(53)21-19-37(47-51)32-15-9-6-10-16-32/h5-18,20,24-25,27,29,35,40,42,52H,19,21-23,26,28H2,1-4H3/t29-,35?,40+,42-,44+/m1/s1. The summed E-state index contributed by atoms with van der Waals surface area (Å²) in [5.41, 5.74) is 4.15. The minimum absolute atomic E-state index is 0.102. The van der Waals surface area contributed by atoms with Gasteiger partial charge in [0.05, 0.1) is 55.1 Å². The van der Waals surface area contributed by atoms with Crippen LogP contribution in [-0.2, 0) is 33.0 Å². The Morgan fingerprint density at radius 3 is 2.46 bits per heavy atom. The van der Waals surface area contributed by atoms with Crippen molar-refractivity contribution in [1.82, 2.24) is 15.0 Å². The van der Waals surface area contributed by atoms with Gasteiger partial charge in [-0.25, -0.2) is 5.01 Å². The van der Waals surface area contributed by atoms with Crippen LogP contribution in [0.3, 0.4) is 0 Å². The van der Waals surface area contributed by atoms with Gasteiger partial charge in [-0.3, -0.25) is 14.3 Å². The summed E-state index contributed by atoms with van der Waals surface area (Å²) < 4.78 is 30.9. The Bertz CT molecular complexity index is 2300. The number of anilines is 2. The summed E-state index contributed by atoms with van der Waals surface area (Å²) in [5.74, 6) is -0.617. The zero-order valence-corrected chi connectivity index (χ0v) is 33.6. The lowest BCUT2D eigenvalue weighted by atomic mass is 9.82. The van der Waals surface area contributed by atoms with Crippen LogP contribution in [0.2, 0.25) is 18.6 Å². The highest BCUT2D eigenvalue weighted by molar-refractivity contribution is 6.72. The van der Waals surface area contributed by atoms with Gasteiger partial charge in [-0.2, -0.15) is 5.10 Å². The fraction of sp³-hybridized carbons (Fsp3) is 0.341. The quantitative estimate of drug-likeness (QED) is 0.104. The summed E-state index contributed by atoms with van der Waals surface area (Å²) in [6.45, 7) is 5.77. The van der Waals surface area contributed by atoms with Crippen LogP contribution in [-0.4, -0.2) is 65.9 Å². The van der Waals surface area contributed by atoms with E-state index in [4.69, 9.17) is 14.6 Å². The SMILES string of the molecule is COc1ccc2c(c1)[C@]1(O[C@@H](CCn3cc(C(CO)c4ccccc4)nn3)[C@H]([Si](C)(C)F)[C@H]1C)C(=O)N2Cc1cccc(N2N=C(c3ccccc3)CCC2=O)c1. The molecule has 1 N–H and O–H groups in total. The average Bonchev–Trinajstić information content (AvgIpc) is 3.88. The van der Waals surface area contributed by atoms with Crippen LogP contribution >= 0.6 is 0 Å². The molecule has 3 aliphatic rings. The van der Waals surface area contributed by atoms with Crippen LogP contribution in [0, 0.1) is 5.92 Å². The summed E-state index contributed by atoms with van der Waals surface area (Å²) in [7, 11) is -1.85. The predicted molar refractivity (Wildman–Crippen MR) is 218 cm³/mol. The fourth-order valence-electron chi connectivity index (χ4n) is 9.04. The first-order valence-electron chi connectivity index (χ1n) is 19.5. The van der Waals surface area contributed by atoms with Crippen molar-refractivity contribution < 1.29 is 28.3 Å². The van der Waals surface area contributed by atoms with E-state index in [1.807, 2.05) is 116 Å². The first kappa shape index (κ1) is 38.4. The van der Waals surface area contributed by atoms with Crippen molar-refractivity contribution in [1.29, 1.82) is 0 Å². The van der Waals surface area contributed by atoms with Crippen LogP contribution in [0.15, 0.2) is 114 Å². The minimum atomic E-state index is -3.43. The van der Waals surface area contributed by atoms with Gasteiger partial charge in [0.2, 0.25) is 14.3 Å². The molecule has 5 aromatic rings. The molecule has 11 nitrogen and oxygen atoms in total. The largest absolute Gasteiger partial charge is 0.497 e. The fourth-order valence-corrected chi connectivity index (χ4v) is 11.6. The maximum absolute atomic E-state index is 16.6. The number of rotatable bonds is 12. The first-order valence-corrected chi connectivity index (χ1v) is 22.4. The number of fused-ring (bicyclic) bond motifs is 2. The average molecular weight is 787 g/mol. The molecule has 13 heteroatoms. The van der Waals surface area contributed by atoms with Gasteiger partial charge in [-0.05, 0) is 66.5 Å². The van der Waals surface area contributed by atoms with Gasteiger partial charge in [0.1, 0.15) is 5.75 Å². The van der Waals surface area contributed by atoms with Gasteiger partial charge in [-0.1, -0.05) is 84.9 Å². The Kier molecular flexibility index (Phi) is 10.4. The molecule has 0 bridgehead atoms. The van der Waals surface area contributed by atoms with Crippen LogP contribution in [0.4, 0.5) is 15.5 Å². The second-order valence-electron chi connectivity index (χ2n) is 15.7. The number of methoxy groups -OCH3 is 1. The summed E-state index contributed by atoms with van der Waals surface area (Å²) >= 11 is 0. The van der Waals surface area contributed by atoms with Crippen molar-refractivity contribution in [3.63, 3.8) is 0 Å². The van der Waals surface area contributed by atoms with E-state index in [1.165, 1.54) is 5.01 Å². The molecule has 8 rings (SSSR count). The normalized spacial score (nSPS) is 22.6. The van der Waals surface area contributed by atoms with Gasteiger partial charge < -0.3 is 23.6 Å². The second-order valence-corrected chi connectivity index (χ2v) is 19.5. The Balaban J connectivity index is 1.08. The molecule has 1 aromatic heterocycles. The summed E-state index contributed by atoms with van der Waals surface area (Å²) in [6.07, 6.45) is 2.52. The third-order valence-corrected chi connectivity index (χ3v) is 14.2.